The van der Waals surface area contributed by atoms with Gasteiger partial charge < -0.3 is 0 Å². The van der Waals surface area contributed by atoms with Gasteiger partial charge in [-0.1, -0.05) is 0 Å². The van der Waals surface area contributed by atoms with Crippen LogP contribution in [-0.2, 0) is 4.79 Å². The quantitative estimate of drug-likeness (QED) is 0.251. The largest absolute Gasteiger partial charge is 0.293 e. The summed E-state index contributed by atoms with van der Waals surface area (Å²) < 4.78 is 0. The fourth-order valence-electron chi connectivity index (χ4n) is 0.848. The van der Waals surface area contributed by atoms with Crippen molar-refractivity contribution in [2.24, 2.45) is 0 Å². The minimum atomic E-state index is -1.11. The lowest BCUT2D eigenvalue weighted by Gasteiger charge is -1.94. The minimum Gasteiger partial charge on any atom is -0.284 e. The third-order valence-electron chi connectivity index (χ3n) is 1.52. The van der Waals surface area contributed by atoms with Crippen molar-refractivity contribution in [3.63, 3.8) is 0 Å². The summed E-state index contributed by atoms with van der Waals surface area (Å²) in [6, 6.07) is 4.63. The Morgan fingerprint density at radius 3 is 2.07 bits per heavy atom. The SMILES string of the molecule is O=C(Cl)C(=O)c1ccc([N+](=O)[O-])cc1. The molecule has 6 heteroatoms. The van der Waals surface area contributed by atoms with Crippen LogP contribution in [0.15, 0.2) is 24.3 Å². The number of hydrogen-bond acceptors (Lipinski definition) is 4. The molecule has 0 saturated heterocycles. The fourth-order valence-corrected chi connectivity index (χ4v) is 0.957. The molecular formula is C8H4ClNO4. The van der Waals surface area contributed by atoms with Gasteiger partial charge in [-0.05, 0) is 23.7 Å². The lowest BCUT2D eigenvalue weighted by Crippen LogP contribution is -2.06. The summed E-state index contributed by atoms with van der Waals surface area (Å²) in [6.07, 6.45) is 0. The van der Waals surface area contributed by atoms with Crippen LogP contribution in [0.4, 0.5) is 5.69 Å². The van der Waals surface area contributed by atoms with Crippen LogP contribution in [0.2, 0.25) is 0 Å². The van der Waals surface area contributed by atoms with E-state index >= 15 is 0 Å². The molecule has 0 atom stereocenters. The molecule has 0 saturated carbocycles. The summed E-state index contributed by atoms with van der Waals surface area (Å²) in [5.41, 5.74) is -0.112. The molecule has 0 aliphatic carbocycles. The van der Waals surface area contributed by atoms with Gasteiger partial charge in [0.15, 0.2) is 0 Å². The molecule has 72 valence electrons. The number of carbonyl (C=O) groups excluding carboxylic acids is 2. The van der Waals surface area contributed by atoms with Gasteiger partial charge in [-0.2, -0.15) is 0 Å². The third-order valence-corrected chi connectivity index (χ3v) is 1.69. The topological polar surface area (TPSA) is 77.3 Å². The molecule has 0 radical (unpaired) electrons. The van der Waals surface area contributed by atoms with E-state index in [4.69, 9.17) is 11.6 Å². The molecule has 1 aromatic carbocycles. The summed E-state index contributed by atoms with van der Waals surface area (Å²) in [7, 11) is 0. The van der Waals surface area contributed by atoms with Gasteiger partial charge in [0.25, 0.3) is 10.9 Å². The van der Waals surface area contributed by atoms with Gasteiger partial charge in [0.2, 0.25) is 5.78 Å². The number of rotatable bonds is 3. The third kappa shape index (κ3) is 2.14. The zero-order valence-corrected chi connectivity index (χ0v) is 7.52. The van der Waals surface area contributed by atoms with E-state index in [0.717, 1.165) is 12.1 Å². The highest BCUT2D eigenvalue weighted by Crippen LogP contribution is 2.12. The van der Waals surface area contributed by atoms with Crippen LogP contribution in [0.3, 0.4) is 0 Å². The maximum absolute atomic E-state index is 11.0. The number of non-ortho nitro benzene ring substituents is 1. The summed E-state index contributed by atoms with van der Waals surface area (Å²) in [4.78, 5) is 31.1. The number of Topliss-reactive ketones (excluding diaryl/α,β-unsaturated/α-hetero) is 1. The highest BCUT2D eigenvalue weighted by atomic mass is 35.5. The Morgan fingerprint density at radius 1 is 1.21 bits per heavy atom. The Labute approximate surface area is 83.4 Å². The van der Waals surface area contributed by atoms with E-state index in [9.17, 15) is 19.7 Å². The molecule has 0 aromatic heterocycles. The summed E-state index contributed by atoms with van der Waals surface area (Å²) in [5, 5.41) is 9.13. The Kier molecular flexibility index (Phi) is 2.93. The van der Waals surface area contributed by atoms with Gasteiger partial charge in [-0.25, -0.2) is 0 Å². The molecular weight excluding hydrogens is 210 g/mol. The monoisotopic (exact) mass is 213 g/mol. The van der Waals surface area contributed by atoms with Gasteiger partial charge in [-0.3, -0.25) is 19.7 Å². The maximum atomic E-state index is 11.0. The molecule has 0 aliphatic rings. The van der Waals surface area contributed by atoms with Gasteiger partial charge in [0.05, 0.1) is 4.92 Å². The second-order valence-corrected chi connectivity index (χ2v) is 2.75. The Bertz CT molecular complexity index is 398. The molecule has 14 heavy (non-hydrogen) atoms. The van der Waals surface area contributed by atoms with Crippen LogP contribution in [0.1, 0.15) is 10.4 Å². The number of nitrogens with zero attached hydrogens (tertiary/aromatic N) is 1. The first-order valence-corrected chi connectivity index (χ1v) is 3.89. The summed E-state index contributed by atoms with van der Waals surface area (Å²) >= 11 is 4.94. The second-order valence-electron chi connectivity index (χ2n) is 2.41. The number of hydrogen-bond donors (Lipinski definition) is 0. The molecule has 0 amide bonds. The van der Waals surface area contributed by atoms with Crippen molar-refractivity contribution in [3.05, 3.63) is 39.9 Å². The molecule has 0 spiro atoms. The van der Waals surface area contributed by atoms with Crippen molar-refractivity contribution >= 4 is 28.3 Å². The minimum absolute atomic E-state index is 0.0376. The zero-order valence-electron chi connectivity index (χ0n) is 6.77. The van der Waals surface area contributed by atoms with Gasteiger partial charge in [0, 0.05) is 17.7 Å². The van der Waals surface area contributed by atoms with Gasteiger partial charge in [-0.15, -0.1) is 0 Å². The molecule has 1 aromatic rings. The summed E-state index contributed by atoms with van der Waals surface area (Å²) in [6.45, 7) is 0. The average Bonchev–Trinajstić information content (AvgIpc) is 2.16. The fraction of sp³-hybridized carbons (Fsp3) is 0. The molecule has 0 fully saturated rings. The van der Waals surface area contributed by atoms with Crippen molar-refractivity contribution in [3.8, 4) is 0 Å². The maximum Gasteiger partial charge on any atom is 0.293 e. The Hall–Kier alpha value is -1.75. The Morgan fingerprint density at radius 2 is 1.71 bits per heavy atom. The van der Waals surface area contributed by atoms with Crippen molar-refractivity contribution in [2.45, 2.75) is 0 Å². The van der Waals surface area contributed by atoms with Crippen molar-refractivity contribution < 1.29 is 14.5 Å². The predicted octanol–water partition coefficient (Wildman–Crippen LogP) is 1.54. The smallest absolute Gasteiger partial charge is 0.284 e. The lowest BCUT2D eigenvalue weighted by molar-refractivity contribution is -0.384. The Balaban J connectivity index is 3.00. The first-order chi connectivity index (χ1) is 6.52. The molecule has 0 N–H and O–H groups in total. The molecule has 0 unspecified atom stereocenters. The second kappa shape index (κ2) is 3.97. The normalized spacial score (nSPS) is 9.50. The van der Waals surface area contributed by atoms with Gasteiger partial charge in [0.1, 0.15) is 0 Å². The van der Waals surface area contributed by atoms with Crippen LogP contribution in [0.25, 0.3) is 0 Å². The van der Waals surface area contributed by atoms with Crippen LogP contribution < -0.4 is 0 Å². The average molecular weight is 214 g/mol. The zero-order chi connectivity index (χ0) is 10.7. The lowest BCUT2D eigenvalue weighted by atomic mass is 10.1. The number of benzene rings is 1. The number of halogens is 1. The van der Waals surface area contributed by atoms with E-state index in [1.54, 1.807) is 0 Å². The van der Waals surface area contributed by atoms with E-state index in [1.807, 2.05) is 0 Å². The van der Waals surface area contributed by atoms with E-state index in [0.29, 0.717) is 0 Å². The first-order valence-electron chi connectivity index (χ1n) is 3.51. The number of nitro benzene ring substituents is 1. The van der Waals surface area contributed by atoms with E-state index in [1.165, 1.54) is 12.1 Å². The van der Waals surface area contributed by atoms with Crippen molar-refractivity contribution in [2.75, 3.05) is 0 Å². The van der Waals surface area contributed by atoms with E-state index in [2.05, 4.69) is 0 Å². The number of carbonyl (C=O) groups is 2. The van der Waals surface area contributed by atoms with Crippen molar-refractivity contribution in [1.82, 2.24) is 0 Å². The van der Waals surface area contributed by atoms with Crippen LogP contribution >= 0.6 is 11.6 Å². The van der Waals surface area contributed by atoms with Gasteiger partial charge >= 0.3 is 0 Å². The number of nitro groups is 1. The predicted molar refractivity (Wildman–Crippen MR) is 48.3 cm³/mol. The first kappa shape index (κ1) is 10.3. The van der Waals surface area contributed by atoms with E-state index < -0.39 is 15.9 Å². The highest BCUT2D eigenvalue weighted by molar-refractivity contribution is 6.83. The van der Waals surface area contributed by atoms with Crippen LogP contribution in [-0.4, -0.2) is 15.9 Å². The highest BCUT2D eigenvalue weighted by Gasteiger charge is 2.14. The van der Waals surface area contributed by atoms with Crippen molar-refractivity contribution in [1.29, 1.82) is 0 Å². The molecule has 0 aliphatic heterocycles. The molecule has 5 nitrogen and oxygen atoms in total. The van der Waals surface area contributed by atoms with Crippen LogP contribution in [0.5, 0.6) is 0 Å². The number of ketones is 1. The molecule has 1 rings (SSSR count). The van der Waals surface area contributed by atoms with E-state index in [-0.39, 0.29) is 11.3 Å². The summed E-state index contributed by atoms with van der Waals surface area (Å²) in [5.74, 6) is -0.874. The van der Waals surface area contributed by atoms with Crippen LogP contribution in [0, 0.1) is 10.1 Å². The molecule has 0 heterocycles. The standard InChI is InChI=1S/C8H4ClNO4/c9-8(12)7(11)5-1-3-6(4-2-5)10(13)14/h1-4H. The molecule has 0 bridgehead atoms.